The molecule has 1 aromatic rings. The van der Waals surface area contributed by atoms with Crippen LogP contribution in [0.2, 0.25) is 10.0 Å². The Hall–Kier alpha value is -0.330. The van der Waals surface area contributed by atoms with Gasteiger partial charge in [0.1, 0.15) is 4.90 Å². The normalized spacial score (nSPS) is 13.7. The molecule has 4 nitrogen and oxygen atoms in total. The van der Waals surface area contributed by atoms with Gasteiger partial charge in [0, 0.05) is 16.6 Å². The number of rotatable bonds is 7. The van der Waals surface area contributed by atoms with Gasteiger partial charge in [0.05, 0.1) is 11.6 Å². The lowest BCUT2D eigenvalue weighted by Gasteiger charge is -2.23. The number of sulfonamides is 1. The van der Waals surface area contributed by atoms with Gasteiger partial charge >= 0.3 is 0 Å². The van der Waals surface area contributed by atoms with Crippen LogP contribution in [0.25, 0.3) is 0 Å². The van der Waals surface area contributed by atoms with Crippen molar-refractivity contribution in [2.24, 2.45) is 5.92 Å². The van der Waals surface area contributed by atoms with Gasteiger partial charge in [0.15, 0.2) is 0 Å². The smallest absolute Gasteiger partial charge is 0.242 e. The number of nitrogens with one attached hydrogen (secondary N) is 1. The molecule has 0 radical (unpaired) electrons. The lowest BCUT2D eigenvalue weighted by molar-refractivity contribution is 0.281. The molecule has 0 aliphatic rings. The summed E-state index contributed by atoms with van der Waals surface area (Å²) in [5, 5.41) is 9.46. The van der Waals surface area contributed by atoms with E-state index in [4.69, 9.17) is 23.2 Å². The van der Waals surface area contributed by atoms with Crippen molar-refractivity contribution < 1.29 is 13.5 Å². The second-order valence-electron chi connectivity index (χ2n) is 4.98. The van der Waals surface area contributed by atoms with E-state index >= 15 is 0 Å². The summed E-state index contributed by atoms with van der Waals surface area (Å²) in [5.74, 6) is 0.253. The van der Waals surface area contributed by atoms with Gasteiger partial charge in [-0.05, 0) is 25.0 Å². The minimum absolute atomic E-state index is 0.0331. The van der Waals surface area contributed by atoms with Crippen molar-refractivity contribution in [3.63, 3.8) is 0 Å². The number of hydrogen-bond donors (Lipinski definition) is 2. The van der Waals surface area contributed by atoms with Crippen LogP contribution in [-0.2, 0) is 16.6 Å². The molecule has 120 valence electrons. The predicted molar refractivity (Wildman–Crippen MR) is 86.2 cm³/mol. The number of halogens is 2. The Morgan fingerprint density at radius 2 is 1.81 bits per heavy atom. The zero-order valence-electron chi connectivity index (χ0n) is 12.4. The number of hydrogen-bond acceptors (Lipinski definition) is 3. The third-order valence-electron chi connectivity index (χ3n) is 3.70. The van der Waals surface area contributed by atoms with Crippen molar-refractivity contribution in [3.05, 3.63) is 27.7 Å². The van der Waals surface area contributed by atoms with Crippen LogP contribution >= 0.6 is 23.2 Å². The predicted octanol–water partition coefficient (Wildman–Crippen LogP) is 3.59. The molecule has 21 heavy (non-hydrogen) atoms. The Balaban J connectivity index is 3.15. The van der Waals surface area contributed by atoms with E-state index in [0.717, 1.165) is 12.8 Å². The van der Waals surface area contributed by atoms with Gasteiger partial charge in [-0.25, -0.2) is 13.1 Å². The monoisotopic (exact) mass is 353 g/mol. The maximum Gasteiger partial charge on any atom is 0.242 e. The molecular weight excluding hydrogens is 333 g/mol. The summed E-state index contributed by atoms with van der Waals surface area (Å²) in [4.78, 5) is -0.0598. The molecule has 7 heteroatoms. The Bertz CT molecular complexity index is 586. The molecule has 0 fully saturated rings. The highest BCUT2D eigenvalue weighted by Crippen LogP contribution is 2.31. The molecule has 1 aromatic carbocycles. The maximum absolute atomic E-state index is 12.5. The highest BCUT2D eigenvalue weighted by molar-refractivity contribution is 7.89. The summed E-state index contributed by atoms with van der Waals surface area (Å²) in [7, 11) is -3.76. The van der Waals surface area contributed by atoms with E-state index in [1.807, 2.05) is 20.8 Å². The van der Waals surface area contributed by atoms with Gasteiger partial charge in [-0.3, -0.25) is 0 Å². The lowest BCUT2D eigenvalue weighted by Crippen LogP contribution is -2.37. The first kappa shape index (κ1) is 18.7. The second-order valence-corrected chi connectivity index (χ2v) is 7.45. The van der Waals surface area contributed by atoms with Crippen LogP contribution in [0.3, 0.4) is 0 Å². The van der Waals surface area contributed by atoms with Gasteiger partial charge in [-0.2, -0.15) is 0 Å². The topological polar surface area (TPSA) is 66.4 Å². The fraction of sp³-hybridized carbons (Fsp3) is 0.571. The molecule has 0 bridgehead atoms. The van der Waals surface area contributed by atoms with E-state index in [0.29, 0.717) is 0 Å². The van der Waals surface area contributed by atoms with E-state index in [2.05, 4.69) is 4.72 Å². The van der Waals surface area contributed by atoms with Gasteiger partial charge < -0.3 is 5.11 Å². The molecule has 0 aliphatic carbocycles. The van der Waals surface area contributed by atoms with Crippen LogP contribution in [0, 0.1) is 5.92 Å². The van der Waals surface area contributed by atoms with E-state index in [9.17, 15) is 13.5 Å². The minimum atomic E-state index is -3.76. The van der Waals surface area contributed by atoms with Crippen molar-refractivity contribution in [1.82, 2.24) is 4.72 Å². The van der Waals surface area contributed by atoms with Gasteiger partial charge in [-0.15, -0.1) is 0 Å². The highest BCUT2D eigenvalue weighted by atomic mass is 35.5. The first-order valence-corrected chi connectivity index (χ1v) is 9.12. The fourth-order valence-corrected chi connectivity index (χ4v) is 4.54. The average Bonchev–Trinajstić information content (AvgIpc) is 2.39. The Labute approximate surface area is 136 Å². The molecule has 0 saturated heterocycles. The van der Waals surface area contributed by atoms with Gasteiger partial charge in [-0.1, -0.05) is 49.9 Å². The van der Waals surface area contributed by atoms with Crippen molar-refractivity contribution in [3.8, 4) is 0 Å². The van der Waals surface area contributed by atoms with E-state index in [1.54, 1.807) is 0 Å². The molecule has 1 rings (SSSR count). The minimum Gasteiger partial charge on any atom is -0.392 e. The Kier molecular flexibility index (Phi) is 6.94. The zero-order chi connectivity index (χ0) is 16.2. The highest BCUT2D eigenvalue weighted by Gasteiger charge is 2.25. The van der Waals surface area contributed by atoms with Crippen molar-refractivity contribution in [2.75, 3.05) is 0 Å². The Morgan fingerprint density at radius 3 is 2.29 bits per heavy atom. The second kappa shape index (κ2) is 7.79. The van der Waals surface area contributed by atoms with E-state index < -0.39 is 16.6 Å². The first-order valence-electron chi connectivity index (χ1n) is 6.88. The van der Waals surface area contributed by atoms with Crippen LogP contribution in [0.4, 0.5) is 0 Å². The number of aliphatic hydroxyl groups is 1. The van der Waals surface area contributed by atoms with Crippen LogP contribution in [0.15, 0.2) is 17.0 Å². The maximum atomic E-state index is 12.5. The molecule has 1 unspecified atom stereocenters. The molecule has 1 atom stereocenters. The van der Waals surface area contributed by atoms with Crippen LogP contribution < -0.4 is 4.72 Å². The molecule has 0 aromatic heterocycles. The largest absolute Gasteiger partial charge is 0.392 e. The third-order valence-corrected chi connectivity index (χ3v) is 6.19. The standard InChI is InChI=1S/C14H21Cl2NO3S/c1-4-10(5-2)9(3)17-21(19,20)13-7-6-12(15)11(8-18)14(13)16/h6-7,9-10,17-18H,4-5,8H2,1-3H3. The molecule has 0 spiro atoms. The number of benzene rings is 1. The van der Waals surface area contributed by atoms with Crippen molar-refractivity contribution >= 4 is 33.2 Å². The molecule has 0 saturated carbocycles. The van der Waals surface area contributed by atoms with Crippen LogP contribution in [0.1, 0.15) is 39.2 Å². The quantitative estimate of drug-likeness (QED) is 0.786. The molecule has 0 amide bonds. The summed E-state index contributed by atoms with van der Waals surface area (Å²) >= 11 is 12.0. The third kappa shape index (κ3) is 4.33. The van der Waals surface area contributed by atoms with E-state index in [1.165, 1.54) is 12.1 Å². The SMILES string of the molecule is CCC(CC)C(C)NS(=O)(=O)c1ccc(Cl)c(CO)c1Cl. The fourth-order valence-electron chi connectivity index (χ4n) is 2.33. The molecule has 0 aliphatic heterocycles. The zero-order valence-corrected chi connectivity index (χ0v) is 14.7. The van der Waals surface area contributed by atoms with Crippen LogP contribution in [0.5, 0.6) is 0 Å². The molecule has 0 heterocycles. The summed E-state index contributed by atoms with van der Waals surface area (Å²) in [6.45, 7) is 5.48. The van der Waals surface area contributed by atoms with E-state index in [-0.39, 0.29) is 32.5 Å². The summed E-state index contributed by atoms with van der Waals surface area (Å²) in [6.07, 6.45) is 1.77. The molecule has 2 N–H and O–H groups in total. The van der Waals surface area contributed by atoms with Gasteiger partial charge in [0.2, 0.25) is 10.0 Å². The van der Waals surface area contributed by atoms with Crippen molar-refractivity contribution in [1.29, 1.82) is 0 Å². The summed E-state index contributed by atoms with van der Waals surface area (Å²) in [5.41, 5.74) is 0.219. The first-order chi connectivity index (χ1) is 9.78. The lowest BCUT2D eigenvalue weighted by atomic mass is 9.96. The van der Waals surface area contributed by atoms with Gasteiger partial charge in [0.25, 0.3) is 0 Å². The van der Waals surface area contributed by atoms with Crippen LogP contribution in [-0.4, -0.2) is 19.6 Å². The Morgan fingerprint density at radius 1 is 1.24 bits per heavy atom. The number of aliphatic hydroxyl groups excluding tert-OH is 1. The molecular formula is C14H21Cl2NO3S. The summed E-state index contributed by atoms with van der Waals surface area (Å²) in [6, 6.07) is 2.58. The average molecular weight is 354 g/mol. The summed E-state index contributed by atoms with van der Waals surface area (Å²) < 4.78 is 27.6. The van der Waals surface area contributed by atoms with Crippen molar-refractivity contribution in [2.45, 2.75) is 51.2 Å².